The molecule has 3 N–H and O–H groups in total. The molecule has 14 heavy (non-hydrogen) atoms. The third-order valence-electron chi connectivity index (χ3n) is 1.45. The maximum Gasteiger partial charge on any atom is 0.328 e. The average Bonchev–Trinajstić information content (AvgIpc) is 2.13. The molecule has 1 heterocycles. The molecule has 0 aliphatic rings. The number of carbonyl (C=O) groups is 1. The van der Waals surface area contributed by atoms with Gasteiger partial charge in [-0.3, -0.25) is 0 Å². The van der Waals surface area contributed by atoms with Crippen molar-refractivity contribution in [3.05, 3.63) is 28.8 Å². The Bertz CT molecular complexity index is 407. The van der Waals surface area contributed by atoms with Crippen LogP contribution < -0.4 is 5.73 Å². The van der Waals surface area contributed by atoms with Gasteiger partial charge in [0, 0.05) is 17.8 Å². The van der Waals surface area contributed by atoms with Gasteiger partial charge in [0.05, 0.1) is 5.69 Å². The van der Waals surface area contributed by atoms with Gasteiger partial charge in [0.25, 0.3) is 0 Å². The molecule has 0 saturated heterocycles. The van der Waals surface area contributed by atoms with Gasteiger partial charge in [0.2, 0.25) is 0 Å². The Labute approximate surface area is 83.8 Å². The van der Waals surface area contributed by atoms with Crippen molar-refractivity contribution in [1.29, 1.82) is 0 Å². The molecule has 0 spiro atoms. The molecule has 4 nitrogen and oxygen atoms in total. The van der Waals surface area contributed by atoms with Crippen molar-refractivity contribution in [3.8, 4) is 0 Å². The average molecular weight is 217 g/mol. The number of nitrogens with two attached hydrogens (primary N) is 1. The van der Waals surface area contributed by atoms with Crippen LogP contribution in [-0.4, -0.2) is 16.1 Å². The number of halogens is 2. The number of carboxylic acid groups (broad SMARTS) is 1. The first-order chi connectivity index (χ1) is 6.52. The number of nitrogen functional groups attached to an aromatic ring is 1. The molecule has 0 atom stereocenters. The van der Waals surface area contributed by atoms with E-state index in [4.69, 9.17) is 22.4 Å². The highest BCUT2D eigenvalue weighted by Crippen LogP contribution is 2.22. The standard InChI is InChI=1S/C8H6ClFN2O2/c9-8-6(10)7(11)4(3-12-8)1-2-5(13)14/h1-3H,(H2,11,12)(H,13,14)/b2-1+. The van der Waals surface area contributed by atoms with Crippen molar-refractivity contribution >= 4 is 29.3 Å². The molecule has 0 unspecified atom stereocenters. The molecule has 0 bridgehead atoms. The van der Waals surface area contributed by atoms with Crippen LogP contribution in [0.2, 0.25) is 5.15 Å². The van der Waals surface area contributed by atoms with Crippen LogP contribution in [0.3, 0.4) is 0 Å². The maximum absolute atomic E-state index is 13.0. The van der Waals surface area contributed by atoms with Crippen LogP contribution in [0.25, 0.3) is 6.08 Å². The molecular weight excluding hydrogens is 211 g/mol. The summed E-state index contributed by atoms with van der Waals surface area (Å²) in [5.41, 5.74) is 5.28. The fourth-order valence-electron chi connectivity index (χ4n) is 0.784. The summed E-state index contributed by atoms with van der Waals surface area (Å²) in [5, 5.41) is 7.98. The highest BCUT2D eigenvalue weighted by Gasteiger charge is 2.08. The largest absolute Gasteiger partial charge is 0.478 e. The third kappa shape index (κ3) is 2.20. The molecule has 0 aliphatic carbocycles. The van der Waals surface area contributed by atoms with E-state index in [0.29, 0.717) is 0 Å². The first-order valence-electron chi connectivity index (χ1n) is 3.53. The van der Waals surface area contributed by atoms with Gasteiger partial charge in [-0.2, -0.15) is 0 Å². The minimum absolute atomic E-state index is 0.175. The van der Waals surface area contributed by atoms with Crippen molar-refractivity contribution in [3.63, 3.8) is 0 Å². The highest BCUT2D eigenvalue weighted by atomic mass is 35.5. The number of aliphatic carboxylic acids is 1. The summed E-state index contributed by atoms with van der Waals surface area (Å²) in [6.07, 6.45) is 3.17. The molecule has 1 aromatic heterocycles. The molecule has 0 amide bonds. The summed E-state index contributed by atoms with van der Waals surface area (Å²) >= 11 is 5.34. The third-order valence-corrected chi connectivity index (χ3v) is 1.71. The number of rotatable bonds is 2. The monoisotopic (exact) mass is 216 g/mol. The Morgan fingerprint density at radius 3 is 2.93 bits per heavy atom. The van der Waals surface area contributed by atoms with Crippen LogP contribution in [0, 0.1) is 5.82 Å². The SMILES string of the molecule is Nc1c(/C=C/C(=O)O)cnc(Cl)c1F. The molecule has 1 rings (SSSR count). The van der Waals surface area contributed by atoms with Crippen molar-refractivity contribution < 1.29 is 14.3 Å². The van der Waals surface area contributed by atoms with Gasteiger partial charge in [0.15, 0.2) is 11.0 Å². The van der Waals surface area contributed by atoms with Crippen molar-refractivity contribution in [2.75, 3.05) is 5.73 Å². The van der Waals surface area contributed by atoms with Crippen LogP contribution >= 0.6 is 11.6 Å². The van der Waals surface area contributed by atoms with E-state index in [1.54, 1.807) is 0 Å². The van der Waals surface area contributed by atoms with Crippen LogP contribution in [0.4, 0.5) is 10.1 Å². The fraction of sp³-hybridized carbons (Fsp3) is 0. The second kappa shape index (κ2) is 4.06. The first-order valence-corrected chi connectivity index (χ1v) is 3.90. The molecule has 0 aliphatic heterocycles. The van der Waals surface area contributed by atoms with Gasteiger partial charge in [0.1, 0.15) is 0 Å². The van der Waals surface area contributed by atoms with E-state index >= 15 is 0 Å². The molecule has 1 aromatic rings. The molecule has 6 heteroatoms. The maximum atomic E-state index is 13.0. The normalized spacial score (nSPS) is 10.7. The van der Waals surface area contributed by atoms with E-state index in [2.05, 4.69) is 4.98 Å². The van der Waals surface area contributed by atoms with E-state index in [1.807, 2.05) is 0 Å². The fourth-order valence-corrected chi connectivity index (χ4v) is 0.935. The Morgan fingerprint density at radius 2 is 2.36 bits per heavy atom. The lowest BCUT2D eigenvalue weighted by molar-refractivity contribution is -0.131. The summed E-state index contributed by atoms with van der Waals surface area (Å²) in [5.74, 6) is -2.00. The minimum Gasteiger partial charge on any atom is -0.478 e. The number of nitrogens with zero attached hydrogens (tertiary/aromatic N) is 1. The highest BCUT2D eigenvalue weighted by molar-refractivity contribution is 6.29. The zero-order valence-corrected chi connectivity index (χ0v) is 7.62. The molecular formula is C8H6ClFN2O2. The summed E-state index contributed by atoms with van der Waals surface area (Å²) in [6, 6.07) is 0. The minimum atomic E-state index is -1.15. The van der Waals surface area contributed by atoms with Crippen molar-refractivity contribution in [1.82, 2.24) is 4.98 Å². The van der Waals surface area contributed by atoms with Gasteiger partial charge in [-0.05, 0) is 6.08 Å². The van der Waals surface area contributed by atoms with Crippen LogP contribution in [0.1, 0.15) is 5.56 Å². The summed E-state index contributed by atoms with van der Waals surface area (Å²) in [7, 11) is 0. The number of pyridine rings is 1. The Hall–Kier alpha value is -1.62. The van der Waals surface area contributed by atoms with E-state index in [1.165, 1.54) is 6.20 Å². The first kappa shape index (κ1) is 10.5. The van der Waals surface area contributed by atoms with E-state index in [0.717, 1.165) is 12.2 Å². The van der Waals surface area contributed by atoms with E-state index in [9.17, 15) is 9.18 Å². The number of anilines is 1. The summed E-state index contributed by atoms with van der Waals surface area (Å²) in [4.78, 5) is 13.7. The van der Waals surface area contributed by atoms with E-state index in [-0.39, 0.29) is 16.4 Å². The molecule has 0 radical (unpaired) electrons. The van der Waals surface area contributed by atoms with Gasteiger partial charge in [-0.25, -0.2) is 14.2 Å². The van der Waals surface area contributed by atoms with Gasteiger partial charge in [-0.1, -0.05) is 11.6 Å². The lowest BCUT2D eigenvalue weighted by atomic mass is 10.2. The predicted molar refractivity (Wildman–Crippen MR) is 50.3 cm³/mol. The van der Waals surface area contributed by atoms with Crippen LogP contribution in [0.15, 0.2) is 12.3 Å². The van der Waals surface area contributed by atoms with Crippen LogP contribution in [0.5, 0.6) is 0 Å². The van der Waals surface area contributed by atoms with Crippen LogP contribution in [-0.2, 0) is 4.79 Å². The Kier molecular flexibility index (Phi) is 3.03. The summed E-state index contributed by atoms with van der Waals surface area (Å²) in [6.45, 7) is 0. The Balaban J connectivity index is 3.12. The van der Waals surface area contributed by atoms with Crippen molar-refractivity contribution in [2.45, 2.75) is 0 Å². The second-order valence-electron chi connectivity index (χ2n) is 2.40. The smallest absolute Gasteiger partial charge is 0.328 e. The number of hydrogen-bond donors (Lipinski definition) is 2. The summed E-state index contributed by atoms with van der Waals surface area (Å²) < 4.78 is 13.0. The number of carboxylic acids is 1. The van der Waals surface area contributed by atoms with Gasteiger partial charge in [-0.15, -0.1) is 0 Å². The lowest BCUT2D eigenvalue weighted by Crippen LogP contribution is -1.97. The van der Waals surface area contributed by atoms with Crippen molar-refractivity contribution in [2.24, 2.45) is 0 Å². The number of hydrogen-bond acceptors (Lipinski definition) is 3. The topological polar surface area (TPSA) is 76.2 Å². The molecule has 74 valence electrons. The molecule has 0 saturated carbocycles. The zero-order chi connectivity index (χ0) is 10.7. The predicted octanol–water partition coefficient (Wildman–Crippen LogP) is 1.55. The quantitative estimate of drug-likeness (QED) is 0.581. The Morgan fingerprint density at radius 1 is 1.71 bits per heavy atom. The number of aromatic nitrogens is 1. The molecule has 0 fully saturated rings. The van der Waals surface area contributed by atoms with Gasteiger partial charge >= 0.3 is 5.97 Å². The molecule has 0 aromatic carbocycles. The van der Waals surface area contributed by atoms with E-state index < -0.39 is 11.8 Å². The zero-order valence-electron chi connectivity index (χ0n) is 6.87. The lowest BCUT2D eigenvalue weighted by Gasteiger charge is -2.01. The second-order valence-corrected chi connectivity index (χ2v) is 2.76. The van der Waals surface area contributed by atoms with Gasteiger partial charge < -0.3 is 10.8 Å².